The summed E-state index contributed by atoms with van der Waals surface area (Å²) >= 11 is 0. The standard InChI is InChI=1S/C10H14N2O/c1-2-7-6-9(7)12-5-3-4-8(11)10(12)13/h3-5,7,9H,2,6,11H2,1H3. The van der Waals surface area contributed by atoms with E-state index in [1.165, 1.54) is 0 Å². The number of nitrogens with zero attached hydrogens (tertiary/aromatic N) is 1. The molecule has 0 saturated heterocycles. The van der Waals surface area contributed by atoms with Gasteiger partial charge in [0.2, 0.25) is 0 Å². The van der Waals surface area contributed by atoms with Crippen molar-refractivity contribution in [3.8, 4) is 0 Å². The van der Waals surface area contributed by atoms with Crippen LogP contribution < -0.4 is 11.3 Å². The van der Waals surface area contributed by atoms with E-state index in [1.54, 1.807) is 10.6 Å². The monoisotopic (exact) mass is 178 g/mol. The number of pyridine rings is 1. The number of nitrogens with two attached hydrogens (primary N) is 1. The first kappa shape index (κ1) is 8.35. The highest BCUT2D eigenvalue weighted by Gasteiger charge is 2.37. The molecule has 3 heteroatoms. The Morgan fingerprint density at radius 2 is 2.46 bits per heavy atom. The van der Waals surface area contributed by atoms with E-state index >= 15 is 0 Å². The van der Waals surface area contributed by atoms with Gasteiger partial charge in [-0.1, -0.05) is 13.3 Å². The summed E-state index contributed by atoms with van der Waals surface area (Å²) in [6.45, 7) is 2.15. The van der Waals surface area contributed by atoms with Gasteiger partial charge in [0, 0.05) is 12.2 Å². The zero-order valence-corrected chi connectivity index (χ0v) is 7.73. The summed E-state index contributed by atoms with van der Waals surface area (Å²) in [6.07, 6.45) is 4.10. The number of rotatable bonds is 2. The molecule has 0 bridgehead atoms. The van der Waals surface area contributed by atoms with E-state index < -0.39 is 0 Å². The van der Waals surface area contributed by atoms with Crippen LogP contribution in [0.4, 0.5) is 5.69 Å². The smallest absolute Gasteiger partial charge is 0.273 e. The van der Waals surface area contributed by atoms with Crippen molar-refractivity contribution in [3.63, 3.8) is 0 Å². The molecule has 1 aliphatic carbocycles. The van der Waals surface area contributed by atoms with Gasteiger partial charge in [0.05, 0.1) is 5.69 Å². The number of aromatic nitrogens is 1. The van der Waals surface area contributed by atoms with Crippen molar-refractivity contribution in [2.75, 3.05) is 5.73 Å². The van der Waals surface area contributed by atoms with Gasteiger partial charge in [-0.2, -0.15) is 0 Å². The molecule has 13 heavy (non-hydrogen) atoms. The summed E-state index contributed by atoms with van der Waals surface area (Å²) < 4.78 is 1.77. The second-order valence-electron chi connectivity index (χ2n) is 3.65. The van der Waals surface area contributed by atoms with Gasteiger partial charge >= 0.3 is 0 Å². The molecule has 0 radical (unpaired) electrons. The predicted octanol–water partition coefficient (Wildman–Crippen LogP) is 1.40. The molecule has 2 atom stereocenters. The zero-order valence-electron chi connectivity index (χ0n) is 7.73. The largest absolute Gasteiger partial charge is 0.394 e. The van der Waals surface area contributed by atoms with E-state index in [4.69, 9.17) is 5.73 Å². The molecule has 1 fully saturated rings. The van der Waals surface area contributed by atoms with Gasteiger partial charge in [0.25, 0.3) is 5.56 Å². The number of hydrogen-bond acceptors (Lipinski definition) is 2. The van der Waals surface area contributed by atoms with Gasteiger partial charge in [-0.3, -0.25) is 4.79 Å². The number of anilines is 1. The van der Waals surface area contributed by atoms with Crippen molar-refractivity contribution in [2.45, 2.75) is 25.8 Å². The van der Waals surface area contributed by atoms with E-state index in [2.05, 4.69) is 6.92 Å². The van der Waals surface area contributed by atoms with Gasteiger partial charge in [0.15, 0.2) is 0 Å². The second kappa shape index (κ2) is 2.91. The maximum absolute atomic E-state index is 11.5. The van der Waals surface area contributed by atoms with Crippen molar-refractivity contribution in [3.05, 3.63) is 28.7 Å². The molecule has 1 aromatic rings. The van der Waals surface area contributed by atoms with E-state index in [0.29, 0.717) is 17.6 Å². The molecular formula is C10H14N2O. The van der Waals surface area contributed by atoms with Crippen LogP contribution in [0.5, 0.6) is 0 Å². The average Bonchev–Trinajstić information content (AvgIpc) is 2.89. The molecule has 2 N–H and O–H groups in total. The maximum Gasteiger partial charge on any atom is 0.273 e. The fourth-order valence-electron chi connectivity index (χ4n) is 1.80. The maximum atomic E-state index is 11.5. The Balaban J connectivity index is 2.32. The molecule has 1 saturated carbocycles. The van der Waals surface area contributed by atoms with Crippen molar-refractivity contribution >= 4 is 5.69 Å². The molecule has 1 aromatic heterocycles. The molecule has 70 valence electrons. The normalized spacial score (nSPS) is 25.9. The molecule has 0 spiro atoms. The van der Waals surface area contributed by atoms with E-state index in [1.807, 2.05) is 12.3 Å². The van der Waals surface area contributed by atoms with Crippen LogP contribution in [0.3, 0.4) is 0 Å². The van der Waals surface area contributed by atoms with Gasteiger partial charge in [0.1, 0.15) is 0 Å². The first-order valence-corrected chi connectivity index (χ1v) is 4.70. The molecule has 3 nitrogen and oxygen atoms in total. The van der Waals surface area contributed by atoms with Gasteiger partial charge in [-0.15, -0.1) is 0 Å². The van der Waals surface area contributed by atoms with Crippen LogP contribution in [-0.2, 0) is 0 Å². The summed E-state index contributed by atoms with van der Waals surface area (Å²) in [5, 5.41) is 0. The third-order valence-corrected chi connectivity index (χ3v) is 2.77. The highest BCUT2D eigenvalue weighted by molar-refractivity contribution is 5.34. The molecule has 0 aliphatic heterocycles. The summed E-state index contributed by atoms with van der Waals surface area (Å²) in [4.78, 5) is 11.5. The third-order valence-electron chi connectivity index (χ3n) is 2.77. The fourth-order valence-corrected chi connectivity index (χ4v) is 1.80. The van der Waals surface area contributed by atoms with Crippen LogP contribution in [0.2, 0.25) is 0 Å². The van der Waals surface area contributed by atoms with Crippen molar-refractivity contribution < 1.29 is 0 Å². The molecule has 2 unspecified atom stereocenters. The predicted molar refractivity (Wildman–Crippen MR) is 52.5 cm³/mol. The van der Waals surface area contributed by atoms with E-state index in [0.717, 1.165) is 12.8 Å². The van der Waals surface area contributed by atoms with Crippen LogP contribution in [0.25, 0.3) is 0 Å². The fraction of sp³-hybridized carbons (Fsp3) is 0.500. The Morgan fingerprint density at radius 1 is 1.69 bits per heavy atom. The minimum atomic E-state index is -0.0385. The lowest BCUT2D eigenvalue weighted by Crippen LogP contribution is -2.21. The topological polar surface area (TPSA) is 48.0 Å². The molecule has 0 aromatic carbocycles. The highest BCUT2D eigenvalue weighted by atomic mass is 16.1. The van der Waals surface area contributed by atoms with E-state index in [-0.39, 0.29) is 5.56 Å². The lowest BCUT2D eigenvalue weighted by molar-refractivity contribution is 0.623. The van der Waals surface area contributed by atoms with Crippen LogP contribution >= 0.6 is 0 Å². The molecule has 2 rings (SSSR count). The highest BCUT2D eigenvalue weighted by Crippen LogP contribution is 2.44. The minimum absolute atomic E-state index is 0.0385. The first-order valence-electron chi connectivity index (χ1n) is 4.70. The van der Waals surface area contributed by atoms with Crippen molar-refractivity contribution in [1.82, 2.24) is 4.57 Å². The first-order chi connectivity index (χ1) is 6.24. The van der Waals surface area contributed by atoms with Gasteiger partial charge < -0.3 is 10.3 Å². The van der Waals surface area contributed by atoms with Crippen molar-refractivity contribution in [2.24, 2.45) is 5.92 Å². The quantitative estimate of drug-likeness (QED) is 0.744. The number of nitrogen functional groups attached to an aromatic ring is 1. The lowest BCUT2D eigenvalue weighted by Gasteiger charge is -2.04. The third kappa shape index (κ3) is 1.34. The molecular weight excluding hydrogens is 164 g/mol. The van der Waals surface area contributed by atoms with Crippen LogP contribution in [0.1, 0.15) is 25.8 Å². The summed E-state index contributed by atoms with van der Waals surface area (Å²) in [5.74, 6) is 0.680. The Labute approximate surface area is 77.2 Å². The van der Waals surface area contributed by atoms with Crippen LogP contribution in [0.15, 0.2) is 23.1 Å². The van der Waals surface area contributed by atoms with E-state index in [9.17, 15) is 4.79 Å². The Kier molecular flexibility index (Phi) is 1.87. The van der Waals surface area contributed by atoms with Gasteiger partial charge in [-0.05, 0) is 24.5 Å². The second-order valence-corrected chi connectivity index (χ2v) is 3.65. The number of hydrogen-bond donors (Lipinski definition) is 1. The Bertz CT molecular complexity index is 369. The summed E-state index contributed by atoms with van der Waals surface area (Å²) in [6, 6.07) is 3.89. The minimum Gasteiger partial charge on any atom is -0.394 e. The lowest BCUT2D eigenvalue weighted by atomic mass is 10.3. The van der Waals surface area contributed by atoms with Crippen molar-refractivity contribution in [1.29, 1.82) is 0 Å². The molecule has 1 heterocycles. The Morgan fingerprint density at radius 3 is 3.08 bits per heavy atom. The molecule has 0 amide bonds. The van der Waals surface area contributed by atoms with Crippen LogP contribution in [0, 0.1) is 5.92 Å². The SMILES string of the molecule is CCC1CC1n1cccc(N)c1=O. The van der Waals surface area contributed by atoms with Gasteiger partial charge in [-0.25, -0.2) is 0 Å². The Hall–Kier alpha value is -1.25. The average molecular weight is 178 g/mol. The zero-order chi connectivity index (χ0) is 9.42. The summed E-state index contributed by atoms with van der Waals surface area (Å²) in [7, 11) is 0. The van der Waals surface area contributed by atoms with Crippen LogP contribution in [-0.4, -0.2) is 4.57 Å². The summed E-state index contributed by atoms with van der Waals surface area (Å²) in [5.41, 5.74) is 5.85. The molecule has 1 aliphatic rings.